The third-order valence-electron chi connectivity index (χ3n) is 3.64. The standard InChI is InChI=1S/C20H17NO/c1-3-15-5-4-6-19(12-15)21-14-16-7-8-18-13-20(22-2)10-9-17(18)11-16/h1,4-13,21H,14H2,2H3. The van der Waals surface area contributed by atoms with Crippen molar-refractivity contribution in [2.45, 2.75) is 6.54 Å². The largest absolute Gasteiger partial charge is 0.497 e. The van der Waals surface area contributed by atoms with E-state index in [1.165, 1.54) is 16.3 Å². The van der Waals surface area contributed by atoms with Gasteiger partial charge in [0.15, 0.2) is 0 Å². The van der Waals surface area contributed by atoms with E-state index in [-0.39, 0.29) is 0 Å². The molecule has 3 rings (SSSR count). The number of anilines is 1. The van der Waals surface area contributed by atoms with Crippen LogP contribution in [0.15, 0.2) is 60.7 Å². The zero-order valence-electron chi connectivity index (χ0n) is 12.5. The van der Waals surface area contributed by atoms with Gasteiger partial charge in [-0.3, -0.25) is 0 Å². The van der Waals surface area contributed by atoms with Gasteiger partial charge in [0, 0.05) is 17.8 Å². The van der Waals surface area contributed by atoms with E-state index in [4.69, 9.17) is 11.2 Å². The molecule has 1 N–H and O–H groups in total. The van der Waals surface area contributed by atoms with Crippen molar-refractivity contribution >= 4 is 16.5 Å². The molecule has 0 aliphatic carbocycles. The lowest BCUT2D eigenvalue weighted by molar-refractivity contribution is 0.415. The second-order valence-electron chi connectivity index (χ2n) is 5.13. The summed E-state index contributed by atoms with van der Waals surface area (Å²) in [4.78, 5) is 0. The van der Waals surface area contributed by atoms with Crippen LogP contribution in [0.3, 0.4) is 0 Å². The normalized spacial score (nSPS) is 10.2. The van der Waals surface area contributed by atoms with Crippen LogP contribution < -0.4 is 10.1 Å². The molecule has 0 aliphatic heterocycles. The lowest BCUT2D eigenvalue weighted by atomic mass is 10.1. The van der Waals surface area contributed by atoms with Gasteiger partial charge in [0.05, 0.1) is 7.11 Å². The van der Waals surface area contributed by atoms with E-state index in [0.717, 1.165) is 23.5 Å². The third kappa shape index (κ3) is 3.05. The average molecular weight is 287 g/mol. The smallest absolute Gasteiger partial charge is 0.119 e. The van der Waals surface area contributed by atoms with Crippen molar-refractivity contribution in [1.82, 2.24) is 0 Å². The number of ether oxygens (including phenoxy) is 1. The van der Waals surface area contributed by atoms with Crippen LogP contribution in [0.5, 0.6) is 5.75 Å². The molecule has 0 bridgehead atoms. The highest BCUT2D eigenvalue weighted by Crippen LogP contribution is 2.22. The van der Waals surface area contributed by atoms with Crippen LogP contribution >= 0.6 is 0 Å². The molecule has 0 aliphatic rings. The average Bonchev–Trinajstić information content (AvgIpc) is 2.59. The number of benzene rings is 3. The summed E-state index contributed by atoms with van der Waals surface area (Å²) in [6.07, 6.45) is 5.42. The Kier molecular flexibility index (Phi) is 3.98. The lowest BCUT2D eigenvalue weighted by Gasteiger charge is -2.09. The minimum absolute atomic E-state index is 0.760. The van der Waals surface area contributed by atoms with Gasteiger partial charge >= 0.3 is 0 Å². The zero-order valence-corrected chi connectivity index (χ0v) is 12.5. The molecule has 0 atom stereocenters. The quantitative estimate of drug-likeness (QED) is 0.716. The molecule has 0 aromatic heterocycles. The van der Waals surface area contributed by atoms with Crippen molar-refractivity contribution in [1.29, 1.82) is 0 Å². The lowest BCUT2D eigenvalue weighted by Crippen LogP contribution is -1.99. The molecule has 0 radical (unpaired) electrons. The van der Waals surface area contributed by atoms with Gasteiger partial charge in [-0.25, -0.2) is 0 Å². The fraction of sp³-hybridized carbons (Fsp3) is 0.100. The SMILES string of the molecule is C#Cc1cccc(NCc2ccc3cc(OC)ccc3c2)c1. The topological polar surface area (TPSA) is 21.3 Å². The molecule has 2 heteroatoms. The monoisotopic (exact) mass is 287 g/mol. The second kappa shape index (κ2) is 6.24. The summed E-state index contributed by atoms with van der Waals surface area (Å²) in [5.41, 5.74) is 3.14. The molecule has 0 spiro atoms. The van der Waals surface area contributed by atoms with Crippen LogP contribution in [0.1, 0.15) is 11.1 Å². The molecular weight excluding hydrogens is 270 g/mol. The van der Waals surface area contributed by atoms with Gasteiger partial charge in [0.1, 0.15) is 5.75 Å². The molecule has 0 fully saturated rings. The number of terminal acetylenes is 1. The molecule has 0 unspecified atom stereocenters. The Morgan fingerprint density at radius 2 is 1.82 bits per heavy atom. The molecule has 0 saturated carbocycles. The van der Waals surface area contributed by atoms with E-state index in [9.17, 15) is 0 Å². The fourth-order valence-electron chi connectivity index (χ4n) is 2.43. The maximum atomic E-state index is 5.42. The van der Waals surface area contributed by atoms with E-state index in [0.29, 0.717) is 0 Å². The molecular formula is C20H17NO. The summed E-state index contributed by atoms with van der Waals surface area (Å²) in [6, 6.07) is 20.4. The second-order valence-corrected chi connectivity index (χ2v) is 5.13. The van der Waals surface area contributed by atoms with Crippen LogP contribution in [0.2, 0.25) is 0 Å². The number of methoxy groups -OCH3 is 1. The van der Waals surface area contributed by atoms with Gasteiger partial charge in [-0.05, 0) is 52.7 Å². The van der Waals surface area contributed by atoms with Crippen molar-refractivity contribution < 1.29 is 4.74 Å². The van der Waals surface area contributed by atoms with E-state index in [1.54, 1.807) is 7.11 Å². The molecule has 0 amide bonds. The molecule has 3 aromatic carbocycles. The molecule has 0 saturated heterocycles. The summed E-state index contributed by atoms with van der Waals surface area (Å²) >= 11 is 0. The molecule has 108 valence electrons. The minimum atomic E-state index is 0.760. The van der Waals surface area contributed by atoms with Crippen LogP contribution in [0.25, 0.3) is 10.8 Å². The number of nitrogens with one attached hydrogen (secondary N) is 1. The van der Waals surface area contributed by atoms with Crippen LogP contribution in [-0.2, 0) is 6.54 Å². The number of fused-ring (bicyclic) bond motifs is 1. The number of rotatable bonds is 4. The Balaban J connectivity index is 1.78. The van der Waals surface area contributed by atoms with Gasteiger partial charge in [0.25, 0.3) is 0 Å². The summed E-state index contributed by atoms with van der Waals surface area (Å²) in [5, 5.41) is 5.79. The predicted molar refractivity (Wildman–Crippen MR) is 92.2 cm³/mol. The van der Waals surface area contributed by atoms with Crippen molar-refractivity contribution in [3.63, 3.8) is 0 Å². The highest BCUT2D eigenvalue weighted by molar-refractivity contribution is 5.84. The summed E-state index contributed by atoms with van der Waals surface area (Å²) < 4.78 is 5.25. The van der Waals surface area contributed by atoms with Crippen molar-refractivity contribution in [3.05, 3.63) is 71.8 Å². The van der Waals surface area contributed by atoms with Crippen molar-refractivity contribution in [2.75, 3.05) is 12.4 Å². The highest BCUT2D eigenvalue weighted by Gasteiger charge is 2.00. The predicted octanol–water partition coefficient (Wildman–Crippen LogP) is 4.44. The molecule has 2 nitrogen and oxygen atoms in total. The molecule has 22 heavy (non-hydrogen) atoms. The van der Waals surface area contributed by atoms with E-state index < -0.39 is 0 Å². The first kappa shape index (κ1) is 14.0. The van der Waals surface area contributed by atoms with Crippen molar-refractivity contribution in [2.24, 2.45) is 0 Å². The number of hydrogen-bond acceptors (Lipinski definition) is 2. The Labute approximate surface area is 130 Å². The fourth-order valence-corrected chi connectivity index (χ4v) is 2.43. The first-order valence-electron chi connectivity index (χ1n) is 7.16. The van der Waals surface area contributed by atoms with E-state index in [1.807, 2.05) is 36.4 Å². The molecule has 0 heterocycles. The Morgan fingerprint density at radius 3 is 2.64 bits per heavy atom. The highest BCUT2D eigenvalue weighted by atomic mass is 16.5. The Morgan fingerprint density at radius 1 is 1.00 bits per heavy atom. The maximum absolute atomic E-state index is 5.42. The summed E-state index contributed by atoms with van der Waals surface area (Å²) in [5.74, 6) is 3.53. The Bertz CT molecular complexity index is 846. The first-order chi connectivity index (χ1) is 10.8. The van der Waals surface area contributed by atoms with Gasteiger partial charge in [0.2, 0.25) is 0 Å². The van der Waals surface area contributed by atoms with E-state index >= 15 is 0 Å². The van der Waals surface area contributed by atoms with Crippen LogP contribution in [0.4, 0.5) is 5.69 Å². The van der Waals surface area contributed by atoms with E-state index in [2.05, 4.69) is 35.5 Å². The minimum Gasteiger partial charge on any atom is -0.497 e. The third-order valence-corrected chi connectivity index (χ3v) is 3.64. The van der Waals surface area contributed by atoms with Gasteiger partial charge in [-0.2, -0.15) is 0 Å². The molecule has 3 aromatic rings. The first-order valence-corrected chi connectivity index (χ1v) is 7.16. The Hall–Kier alpha value is -2.92. The van der Waals surface area contributed by atoms with Crippen LogP contribution in [0, 0.1) is 12.3 Å². The van der Waals surface area contributed by atoms with Crippen LogP contribution in [-0.4, -0.2) is 7.11 Å². The van der Waals surface area contributed by atoms with Gasteiger partial charge in [-0.1, -0.05) is 30.2 Å². The van der Waals surface area contributed by atoms with Gasteiger partial charge < -0.3 is 10.1 Å². The zero-order chi connectivity index (χ0) is 15.4. The maximum Gasteiger partial charge on any atom is 0.119 e. The number of hydrogen-bond donors (Lipinski definition) is 1. The summed E-state index contributed by atoms with van der Waals surface area (Å²) in [7, 11) is 1.68. The van der Waals surface area contributed by atoms with Gasteiger partial charge in [-0.15, -0.1) is 6.42 Å². The van der Waals surface area contributed by atoms with Crippen molar-refractivity contribution in [3.8, 4) is 18.1 Å². The summed E-state index contributed by atoms with van der Waals surface area (Å²) in [6.45, 7) is 0.760.